The molecule has 22 heavy (non-hydrogen) atoms. The molecule has 0 aliphatic carbocycles. The number of aryl methyl sites for hydroxylation is 2. The van der Waals surface area contributed by atoms with Crippen LogP contribution < -0.4 is 5.32 Å². The molecule has 2 atom stereocenters. The van der Waals surface area contributed by atoms with Crippen LogP contribution in [0.5, 0.6) is 0 Å². The maximum Gasteiger partial charge on any atom is 0.0507 e. The summed E-state index contributed by atoms with van der Waals surface area (Å²) in [7, 11) is 0. The van der Waals surface area contributed by atoms with Crippen LogP contribution in [0.15, 0.2) is 6.07 Å². The molecule has 124 valence electrons. The third kappa shape index (κ3) is 4.10. The number of nitrogens with one attached hydrogen (secondary N) is 1. The number of likely N-dealkylation sites (tertiary alicyclic amines) is 1. The molecule has 2 saturated heterocycles. The summed E-state index contributed by atoms with van der Waals surface area (Å²) in [6.45, 7) is 12.4. The van der Waals surface area contributed by atoms with Gasteiger partial charge in [0.25, 0.3) is 0 Å². The Morgan fingerprint density at radius 1 is 1.32 bits per heavy atom. The Morgan fingerprint density at radius 2 is 2.09 bits per heavy atom. The monoisotopic (exact) mass is 322 g/mol. The van der Waals surface area contributed by atoms with Gasteiger partial charge in [0.2, 0.25) is 0 Å². The summed E-state index contributed by atoms with van der Waals surface area (Å²) in [5.74, 6) is 0.778. The molecular weight excluding hydrogens is 292 g/mol. The van der Waals surface area contributed by atoms with Crippen LogP contribution in [0.3, 0.4) is 0 Å². The quantitative estimate of drug-likeness (QED) is 0.898. The number of thiophene rings is 1. The van der Waals surface area contributed by atoms with Crippen LogP contribution in [0.4, 0.5) is 0 Å². The number of rotatable bonds is 5. The number of hydrogen-bond donors (Lipinski definition) is 1. The maximum absolute atomic E-state index is 5.50. The fourth-order valence-electron chi connectivity index (χ4n) is 3.90. The smallest absolute Gasteiger partial charge is 0.0507 e. The molecule has 0 spiro atoms. The lowest BCUT2D eigenvalue weighted by Crippen LogP contribution is -2.44. The van der Waals surface area contributed by atoms with Crippen molar-refractivity contribution < 1.29 is 4.74 Å². The number of ether oxygens (including phenoxy) is 1. The highest BCUT2D eigenvalue weighted by atomic mass is 32.1. The first-order chi connectivity index (χ1) is 10.6. The Bertz CT molecular complexity index is 473. The Kier molecular flexibility index (Phi) is 5.55. The zero-order valence-corrected chi connectivity index (χ0v) is 15.0. The molecule has 0 radical (unpaired) electrons. The minimum Gasteiger partial charge on any atom is -0.381 e. The topological polar surface area (TPSA) is 24.5 Å². The lowest BCUT2D eigenvalue weighted by molar-refractivity contribution is 0.145. The molecule has 3 nitrogen and oxygen atoms in total. The van der Waals surface area contributed by atoms with Gasteiger partial charge < -0.3 is 15.0 Å². The number of hydrogen-bond acceptors (Lipinski definition) is 4. The Balaban J connectivity index is 1.44. The molecule has 3 heterocycles. The van der Waals surface area contributed by atoms with Gasteiger partial charge in [0, 0.05) is 35.0 Å². The molecule has 4 heteroatoms. The zero-order valence-electron chi connectivity index (χ0n) is 14.2. The van der Waals surface area contributed by atoms with Crippen molar-refractivity contribution in [3.63, 3.8) is 0 Å². The van der Waals surface area contributed by atoms with E-state index < -0.39 is 0 Å². The van der Waals surface area contributed by atoms with Gasteiger partial charge in [0.15, 0.2) is 0 Å². The molecule has 1 aromatic heterocycles. The summed E-state index contributed by atoms with van der Waals surface area (Å²) in [4.78, 5) is 5.54. The molecule has 2 aliphatic rings. The third-order valence-electron chi connectivity index (χ3n) is 5.16. The van der Waals surface area contributed by atoms with Crippen molar-refractivity contribution in [2.24, 2.45) is 5.92 Å². The Morgan fingerprint density at radius 3 is 2.68 bits per heavy atom. The number of piperidine rings is 1. The lowest BCUT2D eigenvalue weighted by atomic mass is 10.00. The summed E-state index contributed by atoms with van der Waals surface area (Å²) < 4.78 is 5.50. The first-order valence-electron chi connectivity index (χ1n) is 8.75. The molecule has 2 aliphatic heterocycles. The minimum atomic E-state index is 0.477. The third-order valence-corrected chi connectivity index (χ3v) is 6.14. The summed E-state index contributed by atoms with van der Waals surface area (Å²) in [5.41, 5.74) is 1.49. The normalized spacial score (nSPS) is 25.7. The van der Waals surface area contributed by atoms with Crippen molar-refractivity contribution in [3.8, 4) is 0 Å². The van der Waals surface area contributed by atoms with Crippen LogP contribution in [-0.2, 0) is 4.74 Å². The van der Waals surface area contributed by atoms with Crippen molar-refractivity contribution in [3.05, 3.63) is 21.4 Å². The van der Waals surface area contributed by atoms with Crippen LogP contribution in [0.2, 0.25) is 0 Å². The molecular formula is C18H30N2OS. The first-order valence-corrected chi connectivity index (χ1v) is 9.56. The average Bonchev–Trinajstić information content (AvgIpc) is 3.10. The van der Waals surface area contributed by atoms with Crippen molar-refractivity contribution in [1.82, 2.24) is 10.2 Å². The Hall–Kier alpha value is -0.420. The fourth-order valence-corrected chi connectivity index (χ4v) is 4.92. The molecule has 3 rings (SSSR count). The van der Waals surface area contributed by atoms with E-state index in [0.717, 1.165) is 19.1 Å². The van der Waals surface area contributed by atoms with E-state index in [4.69, 9.17) is 4.74 Å². The molecule has 0 amide bonds. The van der Waals surface area contributed by atoms with Gasteiger partial charge in [-0.1, -0.05) is 0 Å². The van der Waals surface area contributed by atoms with Crippen molar-refractivity contribution in [2.45, 2.75) is 52.1 Å². The Labute approximate surface area is 139 Å². The molecule has 1 aromatic rings. The van der Waals surface area contributed by atoms with E-state index in [1.807, 2.05) is 11.3 Å². The highest BCUT2D eigenvalue weighted by Gasteiger charge is 2.25. The van der Waals surface area contributed by atoms with E-state index in [2.05, 4.69) is 37.1 Å². The standard InChI is InChI=1S/C18H30N2OS/c1-13-10-18(15(3)22-13)14(2)19-17-4-7-20(8-5-17)11-16-6-9-21-12-16/h10,14,16-17,19H,4-9,11-12H2,1-3H3/t14-,16+/m0/s1. The van der Waals surface area contributed by atoms with Gasteiger partial charge in [-0.15, -0.1) is 11.3 Å². The van der Waals surface area contributed by atoms with Gasteiger partial charge in [-0.2, -0.15) is 0 Å². The van der Waals surface area contributed by atoms with Gasteiger partial charge in [-0.05, 0) is 70.7 Å². The summed E-state index contributed by atoms with van der Waals surface area (Å²) in [6.07, 6.45) is 3.81. The largest absolute Gasteiger partial charge is 0.381 e. The summed E-state index contributed by atoms with van der Waals surface area (Å²) >= 11 is 1.92. The van der Waals surface area contributed by atoms with E-state index in [0.29, 0.717) is 12.1 Å². The predicted octanol–water partition coefficient (Wildman–Crippen LogP) is 3.52. The second-order valence-electron chi connectivity index (χ2n) is 7.06. The van der Waals surface area contributed by atoms with Gasteiger partial charge in [-0.25, -0.2) is 0 Å². The van der Waals surface area contributed by atoms with Crippen LogP contribution >= 0.6 is 11.3 Å². The fraction of sp³-hybridized carbons (Fsp3) is 0.778. The summed E-state index contributed by atoms with van der Waals surface area (Å²) in [6, 6.07) is 3.50. The van der Waals surface area contributed by atoms with Crippen molar-refractivity contribution >= 4 is 11.3 Å². The van der Waals surface area contributed by atoms with E-state index in [1.165, 1.54) is 54.2 Å². The maximum atomic E-state index is 5.50. The highest BCUT2D eigenvalue weighted by molar-refractivity contribution is 7.12. The van der Waals surface area contributed by atoms with Crippen LogP contribution in [-0.4, -0.2) is 43.8 Å². The summed E-state index contributed by atoms with van der Waals surface area (Å²) in [5, 5.41) is 3.86. The van der Waals surface area contributed by atoms with E-state index >= 15 is 0 Å². The zero-order chi connectivity index (χ0) is 15.5. The second kappa shape index (κ2) is 7.43. The SMILES string of the molecule is Cc1cc([C@H](C)NC2CCN(C[C@H]3CCOC3)CC2)c(C)s1. The minimum absolute atomic E-state index is 0.477. The molecule has 0 bridgehead atoms. The lowest BCUT2D eigenvalue weighted by Gasteiger charge is -2.35. The van der Waals surface area contributed by atoms with Gasteiger partial charge in [0.1, 0.15) is 0 Å². The molecule has 0 unspecified atom stereocenters. The highest BCUT2D eigenvalue weighted by Crippen LogP contribution is 2.27. The molecule has 0 aromatic carbocycles. The van der Waals surface area contributed by atoms with E-state index in [-0.39, 0.29) is 0 Å². The van der Waals surface area contributed by atoms with E-state index in [9.17, 15) is 0 Å². The van der Waals surface area contributed by atoms with Gasteiger partial charge in [0.05, 0.1) is 6.61 Å². The van der Waals surface area contributed by atoms with Crippen molar-refractivity contribution in [2.75, 3.05) is 32.8 Å². The van der Waals surface area contributed by atoms with Gasteiger partial charge >= 0.3 is 0 Å². The molecule has 1 N–H and O–H groups in total. The first kappa shape index (κ1) is 16.4. The van der Waals surface area contributed by atoms with Crippen molar-refractivity contribution in [1.29, 1.82) is 0 Å². The second-order valence-corrected chi connectivity index (χ2v) is 8.52. The van der Waals surface area contributed by atoms with Crippen LogP contribution in [0, 0.1) is 19.8 Å². The molecule has 0 saturated carbocycles. The van der Waals surface area contributed by atoms with Gasteiger partial charge in [-0.3, -0.25) is 0 Å². The predicted molar refractivity (Wildman–Crippen MR) is 93.7 cm³/mol. The average molecular weight is 323 g/mol. The molecule has 2 fully saturated rings. The van der Waals surface area contributed by atoms with Crippen LogP contribution in [0.1, 0.15) is 47.5 Å². The van der Waals surface area contributed by atoms with Crippen LogP contribution in [0.25, 0.3) is 0 Å². The van der Waals surface area contributed by atoms with E-state index in [1.54, 1.807) is 0 Å². The number of nitrogens with zero attached hydrogens (tertiary/aromatic N) is 1.